The molecule has 0 aliphatic heterocycles. The lowest BCUT2D eigenvalue weighted by molar-refractivity contribution is -0.952. The minimum absolute atomic E-state index is 0.00452. The SMILES string of the molecule is COc1ccc(Cn2nnnc2C[NH+](Cc2cc3cccc(C)c3[nH]c2=O)C2CCCC2)cc1. The number of methoxy groups -OCH3 is 1. The molecule has 1 saturated carbocycles. The molecule has 4 aromatic rings. The summed E-state index contributed by atoms with van der Waals surface area (Å²) in [5.74, 6) is 1.67. The predicted molar refractivity (Wildman–Crippen MR) is 130 cm³/mol. The first-order valence-electron chi connectivity index (χ1n) is 11.9. The van der Waals surface area contributed by atoms with E-state index in [1.807, 2.05) is 48.0 Å². The van der Waals surface area contributed by atoms with Gasteiger partial charge in [-0.3, -0.25) is 4.79 Å². The molecule has 176 valence electrons. The Hall–Kier alpha value is -3.52. The zero-order valence-corrected chi connectivity index (χ0v) is 19.8. The van der Waals surface area contributed by atoms with Crippen LogP contribution in [0.25, 0.3) is 10.9 Å². The lowest BCUT2D eigenvalue weighted by atomic mass is 10.1. The van der Waals surface area contributed by atoms with Crippen LogP contribution in [0.2, 0.25) is 0 Å². The van der Waals surface area contributed by atoms with E-state index < -0.39 is 0 Å². The maximum absolute atomic E-state index is 13.0. The number of hydrogen-bond donors (Lipinski definition) is 2. The molecule has 2 aromatic heterocycles. The second-order valence-corrected chi connectivity index (χ2v) is 9.26. The van der Waals surface area contributed by atoms with Gasteiger partial charge in [0.15, 0.2) is 0 Å². The second kappa shape index (κ2) is 9.77. The van der Waals surface area contributed by atoms with E-state index in [2.05, 4.69) is 32.6 Å². The van der Waals surface area contributed by atoms with Crippen molar-refractivity contribution in [2.75, 3.05) is 7.11 Å². The molecule has 1 aliphatic rings. The normalized spacial score (nSPS) is 15.1. The molecule has 5 rings (SSSR count). The summed E-state index contributed by atoms with van der Waals surface area (Å²) in [4.78, 5) is 17.4. The number of ether oxygens (including phenoxy) is 1. The predicted octanol–water partition coefficient (Wildman–Crippen LogP) is 2.41. The van der Waals surface area contributed by atoms with Gasteiger partial charge < -0.3 is 14.6 Å². The smallest absolute Gasteiger partial charge is 0.257 e. The number of aromatic nitrogens is 5. The van der Waals surface area contributed by atoms with Crippen LogP contribution in [-0.4, -0.2) is 38.3 Å². The Labute approximate surface area is 198 Å². The third kappa shape index (κ3) is 4.72. The van der Waals surface area contributed by atoms with E-state index in [1.165, 1.54) is 30.6 Å². The topological polar surface area (TPSA) is 90.1 Å². The van der Waals surface area contributed by atoms with Crippen molar-refractivity contribution in [3.63, 3.8) is 0 Å². The van der Waals surface area contributed by atoms with Crippen molar-refractivity contribution in [1.82, 2.24) is 25.2 Å². The summed E-state index contributed by atoms with van der Waals surface area (Å²) in [5.41, 5.74) is 3.92. The number of tetrazole rings is 1. The fourth-order valence-electron chi connectivity index (χ4n) is 5.07. The van der Waals surface area contributed by atoms with Crippen LogP contribution in [0.15, 0.2) is 53.3 Å². The lowest BCUT2D eigenvalue weighted by Gasteiger charge is -2.25. The number of para-hydroxylation sites is 1. The van der Waals surface area contributed by atoms with Crippen LogP contribution in [0, 0.1) is 6.92 Å². The Kier molecular flexibility index (Phi) is 6.40. The van der Waals surface area contributed by atoms with Crippen LogP contribution in [-0.2, 0) is 19.6 Å². The first-order chi connectivity index (χ1) is 16.6. The van der Waals surface area contributed by atoms with E-state index in [-0.39, 0.29) is 5.56 Å². The zero-order chi connectivity index (χ0) is 23.5. The number of quaternary nitrogens is 1. The van der Waals surface area contributed by atoms with Crippen molar-refractivity contribution in [1.29, 1.82) is 0 Å². The van der Waals surface area contributed by atoms with Crippen LogP contribution in [0.1, 0.15) is 48.2 Å². The van der Waals surface area contributed by atoms with Crippen LogP contribution in [0.5, 0.6) is 5.75 Å². The number of aryl methyl sites for hydroxylation is 1. The third-order valence-electron chi connectivity index (χ3n) is 7.00. The molecule has 2 N–H and O–H groups in total. The van der Waals surface area contributed by atoms with E-state index in [9.17, 15) is 4.79 Å². The van der Waals surface area contributed by atoms with E-state index in [0.717, 1.165) is 39.2 Å². The molecule has 0 bridgehead atoms. The van der Waals surface area contributed by atoms with Crippen molar-refractivity contribution < 1.29 is 9.64 Å². The Morgan fingerprint density at radius 2 is 1.91 bits per heavy atom. The first kappa shape index (κ1) is 22.3. The molecular formula is C26H31N6O2+. The van der Waals surface area contributed by atoms with Gasteiger partial charge in [0, 0.05) is 0 Å². The highest BCUT2D eigenvalue weighted by Crippen LogP contribution is 2.18. The summed E-state index contributed by atoms with van der Waals surface area (Å²) in [6, 6.07) is 16.6. The Morgan fingerprint density at radius 3 is 2.68 bits per heavy atom. The number of nitrogens with zero attached hydrogens (tertiary/aromatic N) is 4. The molecule has 34 heavy (non-hydrogen) atoms. The maximum Gasteiger partial charge on any atom is 0.257 e. The quantitative estimate of drug-likeness (QED) is 0.422. The molecule has 0 saturated heterocycles. The molecule has 2 aromatic carbocycles. The van der Waals surface area contributed by atoms with Gasteiger partial charge in [-0.15, -0.1) is 5.10 Å². The number of benzene rings is 2. The van der Waals surface area contributed by atoms with Gasteiger partial charge in [0.1, 0.15) is 18.8 Å². The van der Waals surface area contributed by atoms with E-state index in [1.54, 1.807) is 7.11 Å². The number of H-pyrrole nitrogens is 1. The molecule has 0 radical (unpaired) electrons. The number of rotatable bonds is 8. The molecule has 0 amide bonds. The summed E-state index contributed by atoms with van der Waals surface area (Å²) >= 11 is 0. The summed E-state index contributed by atoms with van der Waals surface area (Å²) in [6.45, 7) is 3.95. The highest BCUT2D eigenvalue weighted by Gasteiger charge is 2.29. The fourth-order valence-corrected chi connectivity index (χ4v) is 5.07. The zero-order valence-electron chi connectivity index (χ0n) is 19.8. The summed E-state index contributed by atoms with van der Waals surface area (Å²) < 4.78 is 7.12. The number of nitrogens with one attached hydrogen (secondary N) is 2. The maximum atomic E-state index is 13.0. The van der Waals surface area contributed by atoms with Gasteiger partial charge in [-0.05, 0) is 77.7 Å². The van der Waals surface area contributed by atoms with Crippen molar-refractivity contribution in [3.05, 3.63) is 81.4 Å². The molecule has 0 spiro atoms. The Morgan fingerprint density at radius 1 is 1.12 bits per heavy atom. The van der Waals surface area contributed by atoms with Crippen LogP contribution in [0.3, 0.4) is 0 Å². The molecule has 8 nitrogen and oxygen atoms in total. The lowest BCUT2D eigenvalue weighted by Crippen LogP contribution is -3.13. The summed E-state index contributed by atoms with van der Waals surface area (Å²) in [6.07, 6.45) is 4.80. The monoisotopic (exact) mass is 459 g/mol. The molecule has 1 fully saturated rings. The molecular weight excluding hydrogens is 428 g/mol. The number of pyridine rings is 1. The highest BCUT2D eigenvalue weighted by atomic mass is 16.5. The first-order valence-corrected chi connectivity index (χ1v) is 11.9. The van der Waals surface area contributed by atoms with Crippen LogP contribution < -0.4 is 15.2 Å². The van der Waals surface area contributed by atoms with Gasteiger partial charge in [0.2, 0.25) is 5.82 Å². The van der Waals surface area contributed by atoms with Crippen LogP contribution >= 0.6 is 0 Å². The van der Waals surface area contributed by atoms with Crippen LogP contribution in [0.4, 0.5) is 0 Å². The minimum atomic E-state index is -0.00452. The standard InChI is InChI=1S/C26H30N6O2/c1-18-6-5-7-20-14-21(26(33)27-25(18)20)16-31(22-8-3-4-9-22)17-24-28-29-30-32(24)15-19-10-12-23(34-2)13-11-19/h5-7,10-14,22H,3-4,8-9,15-17H2,1-2H3,(H,27,33)/p+1. The van der Waals surface area contributed by atoms with Gasteiger partial charge in [-0.1, -0.05) is 30.3 Å². The van der Waals surface area contributed by atoms with E-state index in [4.69, 9.17) is 4.74 Å². The number of hydrogen-bond acceptors (Lipinski definition) is 5. The van der Waals surface area contributed by atoms with E-state index in [0.29, 0.717) is 25.7 Å². The Balaban J connectivity index is 1.40. The second-order valence-electron chi connectivity index (χ2n) is 9.26. The average molecular weight is 460 g/mol. The van der Waals surface area contributed by atoms with Crippen molar-refractivity contribution in [3.8, 4) is 5.75 Å². The van der Waals surface area contributed by atoms with Crippen molar-refractivity contribution in [2.45, 2.75) is 58.3 Å². The number of aromatic amines is 1. The minimum Gasteiger partial charge on any atom is -0.497 e. The van der Waals surface area contributed by atoms with Crippen molar-refractivity contribution in [2.24, 2.45) is 0 Å². The summed E-state index contributed by atoms with van der Waals surface area (Å²) in [5, 5.41) is 13.6. The van der Waals surface area contributed by atoms with Crippen molar-refractivity contribution >= 4 is 10.9 Å². The summed E-state index contributed by atoms with van der Waals surface area (Å²) in [7, 11) is 1.66. The largest absolute Gasteiger partial charge is 0.497 e. The van der Waals surface area contributed by atoms with Gasteiger partial charge in [0.05, 0.1) is 30.8 Å². The molecule has 8 heteroatoms. The molecule has 1 atom stereocenters. The van der Waals surface area contributed by atoms with Gasteiger partial charge in [0.25, 0.3) is 5.56 Å². The molecule has 1 unspecified atom stereocenters. The average Bonchev–Trinajstić information content (AvgIpc) is 3.53. The van der Waals surface area contributed by atoms with E-state index >= 15 is 0 Å². The van der Waals surface area contributed by atoms with Gasteiger partial charge >= 0.3 is 0 Å². The molecule has 1 aliphatic carbocycles. The third-order valence-corrected chi connectivity index (χ3v) is 7.00. The fraction of sp³-hybridized carbons (Fsp3) is 0.385. The van der Waals surface area contributed by atoms with Gasteiger partial charge in [-0.25, -0.2) is 4.68 Å². The molecule has 2 heterocycles. The Bertz CT molecular complexity index is 1320. The number of fused-ring (bicyclic) bond motifs is 1. The van der Waals surface area contributed by atoms with Gasteiger partial charge in [-0.2, -0.15) is 0 Å². The highest BCUT2D eigenvalue weighted by molar-refractivity contribution is 5.81.